The summed E-state index contributed by atoms with van der Waals surface area (Å²) < 4.78 is 15.1. The van der Waals surface area contributed by atoms with Crippen LogP contribution in [0.2, 0.25) is 0 Å². The second kappa shape index (κ2) is 8.64. The van der Waals surface area contributed by atoms with Crippen LogP contribution < -0.4 is 0 Å². The van der Waals surface area contributed by atoms with E-state index in [0.717, 1.165) is 0 Å². The molecule has 8 heteroatoms. The van der Waals surface area contributed by atoms with Gasteiger partial charge in [0.05, 0.1) is 19.6 Å². The van der Waals surface area contributed by atoms with Crippen LogP contribution in [0.5, 0.6) is 0 Å². The number of allylic oxidation sites excluding steroid dienone is 1. The maximum Gasteiger partial charge on any atom is 0.414 e. The number of ether oxygens (including phenoxy) is 3. The maximum absolute atomic E-state index is 12.5. The number of hydrogen-bond acceptors (Lipinski definition) is 7. The van der Waals surface area contributed by atoms with E-state index in [1.54, 1.807) is 20.8 Å². The predicted molar refractivity (Wildman–Crippen MR) is 87.4 cm³/mol. The molecule has 2 atom stereocenters. The molecule has 0 saturated carbocycles. The molecule has 0 N–H and O–H groups in total. The van der Waals surface area contributed by atoms with Crippen LogP contribution in [0.15, 0.2) is 11.8 Å². The van der Waals surface area contributed by atoms with Crippen LogP contribution in [0.4, 0.5) is 4.79 Å². The Balaban J connectivity index is 3.14. The molecule has 0 aromatic heterocycles. The average Bonchev–Trinajstić information content (AvgIpc) is 2.50. The molecule has 1 aliphatic rings. The van der Waals surface area contributed by atoms with Crippen molar-refractivity contribution in [2.75, 3.05) is 13.7 Å². The highest BCUT2D eigenvalue weighted by molar-refractivity contribution is 5.78. The summed E-state index contributed by atoms with van der Waals surface area (Å²) in [6.07, 6.45) is 1.57. The van der Waals surface area contributed by atoms with Crippen LogP contribution in [0.1, 0.15) is 40.5 Å². The van der Waals surface area contributed by atoms with Crippen LogP contribution in [0.25, 0.3) is 0 Å². The summed E-state index contributed by atoms with van der Waals surface area (Å²) >= 11 is 0. The Kier molecular flexibility index (Phi) is 7.14. The van der Waals surface area contributed by atoms with E-state index in [1.807, 2.05) is 0 Å². The van der Waals surface area contributed by atoms with Crippen molar-refractivity contribution in [3.8, 4) is 0 Å². The molecular formula is C17H25NO7. The maximum atomic E-state index is 12.5. The minimum Gasteiger partial charge on any atom is -0.469 e. The molecule has 0 fully saturated rings. The molecule has 0 spiro atoms. The number of aldehydes is 1. The number of hydrogen-bond donors (Lipinski definition) is 0. The van der Waals surface area contributed by atoms with E-state index in [-0.39, 0.29) is 19.4 Å². The van der Waals surface area contributed by atoms with Crippen molar-refractivity contribution in [1.29, 1.82) is 0 Å². The van der Waals surface area contributed by atoms with E-state index >= 15 is 0 Å². The van der Waals surface area contributed by atoms with Gasteiger partial charge in [0.25, 0.3) is 0 Å². The minimum absolute atomic E-state index is 0.0209. The molecule has 1 rings (SSSR count). The van der Waals surface area contributed by atoms with Gasteiger partial charge in [-0.3, -0.25) is 19.3 Å². The van der Waals surface area contributed by atoms with E-state index in [1.165, 1.54) is 25.1 Å². The van der Waals surface area contributed by atoms with Gasteiger partial charge in [0, 0.05) is 18.7 Å². The zero-order valence-corrected chi connectivity index (χ0v) is 15.2. The van der Waals surface area contributed by atoms with Crippen LogP contribution >= 0.6 is 0 Å². The Morgan fingerprint density at radius 3 is 2.44 bits per heavy atom. The van der Waals surface area contributed by atoms with Crippen molar-refractivity contribution in [1.82, 2.24) is 4.90 Å². The molecule has 25 heavy (non-hydrogen) atoms. The monoisotopic (exact) mass is 355 g/mol. The molecule has 140 valence electrons. The SMILES string of the molecule is COC(=O)C[C@H]1CC(C=O)=CN(C(=O)OC(C)(C)C)[C@@H]1COC(C)=O. The third kappa shape index (κ3) is 6.56. The quantitative estimate of drug-likeness (QED) is 0.421. The first kappa shape index (κ1) is 20.7. The predicted octanol–water partition coefficient (Wildman–Crippen LogP) is 1.82. The minimum atomic E-state index is -0.743. The third-order valence-electron chi connectivity index (χ3n) is 3.57. The first-order valence-electron chi connectivity index (χ1n) is 7.94. The smallest absolute Gasteiger partial charge is 0.414 e. The van der Waals surface area contributed by atoms with Gasteiger partial charge in [0.1, 0.15) is 18.5 Å². The molecule has 0 aromatic rings. The van der Waals surface area contributed by atoms with Crippen LogP contribution in [-0.2, 0) is 28.6 Å². The fraction of sp³-hybridized carbons (Fsp3) is 0.647. The molecule has 0 bridgehead atoms. The van der Waals surface area contributed by atoms with Crippen molar-refractivity contribution in [3.05, 3.63) is 11.8 Å². The summed E-state index contributed by atoms with van der Waals surface area (Å²) in [5.41, 5.74) is -0.396. The van der Waals surface area contributed by atoms with Gasteiger partial charge >= 0.3 is 18.0 Å². The van der Waals surface area contributed by atoms with Crippen LogP contribution in [0.3, 0.4) is 0 Å². The number of rotatable bonds is 5. The lowest BCUT2D eigenvalue weighted by Crippen LogP contribution is -2.49. The van der Waals surface area contributed by atoms with Crippen LogP contribution in [0, 0.1) is 5.92 Å². The third-order valence-corrected chi connectivity index (χ3v) is 3.57. The molecular weight excluding hydrogens is 330 g/mol. The largest absolute Gasteiger partial charge is 0.469 e. The lowest BCUT2D eigenvalue weighted by Gasteiger charge is -2.38. The summed E-state index contributed by atoms with van der Waals surface area (Å²) in [5, 5.41) is 0. The first-order chi connectivity index (χ1) is 11.6. The zero-order chi connectivity index (χ0) is 19.2. The molecule has 1 amide bonds. The first-order valence-corrected chi connectivity index (χ1v) is 7.94. The topological polar surface area (TPSA) is 99.2 Å². The van der Waals surface area contributed by atoms with Gasteiger partial charge in [0.2, 0.25) is 0 Å². The van der Waals surface area contributed by atoms with Crippen molar-refractivity contribution in [2.45, 2.75) is 52.2 Å². The van der Waals surface area contributed by atoms with Gasteiger partial charge in [-0.2, -0.15) is 0 Å². The summed E-state index contributed by atoms with van der Waals surface area (Å²) in [6.45, 7) is 6.28. The van der Waals surface area contributed by atoms with E-state index in [9.17, 15) is 19.2 Å². The Hall–Kier alpha value is -2.38. The lowest BCUT2D eigenvalue weighted by molar-refractivity contribution is -0.145. The highest BCUT2D eigenvalue weighted by Gasteiger charge is 2.38. The van der Waals surface area contributed by atoms with Gasteiger partial charge in [-0.1, -0.05) is 0 Å². The molecule has 0 aliphatic carbocycles. The van der Waals surface area contributed by atoms with E-state index < -0.39 is 35.6 Å². The molecule has 8 nitrogen and oxygen atoms in total. The fourth-order valence-electron chi connectivity index (χ4n) is 2.50. The molecule has 1 heterocycles. The Morgan fingerprint density at radius 1 is 1.32 bits per heavy atom. The van der Waals surface area contributed by atoms with E-state index in [0.29, 0.717) is 11.9 Å². The number of amides is 1. The molecule has 0 aromatic carbocycles. The lowest BCUT2D eigenvalue weighted by atomic mass is 9.86. The average molecular weight is 355 g/mol. The number of carbonyl (C=O) groups is 4. The molecule has 0 saturated heterocycles. The van der Waals surface area contributed by atoms with Gasteiger partial charge in [-0.15, -0.1) is 0 Å². The number of carbonyl (C=O) groups excluding carboxylic acids is 4. The number of methoxy groups -OCH3 is 1. The van der Waals surface area contributed by atoms with E-state index in [2.05, 4.69) is 4.74 Å². The molecule has 0 radical (unpaired) electrons. The zero-order valence-electron chi connectivity index (χ0n) is 15.2. The van der Waals surface area contributed by atoms with Crippen molar-refractivity contribution < 1.29 is 33.4 Å². The van der Waals surface area contributed by atoms with E-state index in [4.69, 9.17) is 9.47 Å². The van der Waals surface area contributed by atoms with Crippen LogP contribution in [-0.4, -0.2) is 54.6 Å². The summed E-state index contributed by atoms with van der Waals surface area (Å²) in [5.74, 6) is -1.43. The highest BCUT2D eigenvalue weighted by Crippen LogP contribution is 2.30. The number of esters is 2. The number of nitrogens with zero attached hydrogens (tertiary/aromatic N) is 1. The Bertz CT molecular complexity index is 562. The van der Waals surface area contributed by atoms with Gasteiger partial charge in [-0.25, -0.2) is 4.79 Å². The summed E-state index contributed by atoms with van der Waals surface area (Å²) in [7, 11) is 1.26. The Labute approximate surface area is 147 Å². The highest BCUT2D eigenvalue weighted by atomic mass is 16.6. The molecule has 1 aliphatic heterocycles. The van der Waals surface area contributed by atoms with Crippen molar-refractivity contribution in [3.63, 3.8) is 0 Å². The fourth-order valence-corrected chi connectivity index (χ4v) is 2.50. The Morgan fingerprint density at radius 2 is 1.96 bits per heavy atom. The van der Waals surface area contributed by atoms with Crippen molar-refractivity contribution >= 4 is 24.3 Å². The van der Waals surface area contributed by atoms with Gasteiger partial charge in [0.15, 0.2) is 0 Å². The summed E-state index contributed by atoms with van der Waals surface area (Å²) in [4.78, 5) is 47.8. The second-order valence-corrected chi connectivity index (χ2v) is 6.82. The van der Waals surface area contributed by atoms with Gasteiger partial charge < -0.3 is 14.2 Å². The molecule has 0 unspecified atom stereocenters. The normalized spacial score (nSPS) is 20.4. The standard InChI is InChI=1S/C17H25NO7/c1-11(20)24-10-14-13(7-15(21)23-5)6-12(9-19)8-18(14)16(22)25-17(2,3)4/h8-9,13-14H,6-7,10H2,1-5H3/t13-,14-/m1/s1. The van der Waals surface area contributed by atoms with Crippen molar-refractivity contribution in [2.24, 2.45) is 5.92 Å². The van der Waals surface area contributed by atoms with Gasteiger partial charge in [-0.05, 0) is 33.1 Å². The second-order valence-electron chi connectivity index (χ2n) is 6.82. The summed E-state index contributed by atoms with van der Waals surface area (Å²) in [6, 6.07) is -0.637.